The Balaban J connectivity index is 3.02. The standard InChI is InChI=1S/C14H16N2O4/c1-14(2,3)20-13(19)16(9-12(17)18)11-6-4-10(8-15)5-7-11/h4-7H,9H2,1-3H3,(H,17,18). The van der Waals surface area contributed by atoms with Crippen LogP contribution < -0.4 is 4.90 Å². The Kier molecular flexibility index (Phi) is 4.70. The quantitative estimate of drug-likeness (QED) is 0.915. The molecule has 0 bridgehead atoms. The zero-order valence-corrected chi connectivity index (χ0v) is 11.6. The smallest absolute Gasteiger partial charge is 0.415 e. The lowest BCUT2D eigenvalue weighted by atomic mass is 10.2. The van der Waals surface area contributed by atoms with Gasteiger partial charge in [-0.15, -0.1) is 0 Å². The van der Waals surface area contributed by atoms with Crippen molar-refractivity contribution < 1.29 is 19.4 Å². The minimum atomic E-state index is -1.15. The zero-order chi connectivity index (χ0) is 15.3. The Morgan fingerprint density at radius 3 is 2.25 bits per heavy atom. The van der Waals surface area contributed by atoms with Crippen LogP contribution in [-0.2, 0) is 9.53 Å². The molecule has 0 aliphatic carbocycles. The average Bonchev–Trinajstić information content (AvgIpc) is 2.34. The van der Waals surface area contributed by atoms with E-state index in [-0.39, 0.29) is 0 Å². The number of carboxylic acid groups (broad SMARTS) is 1. The summed E-state index contributed by atoms with van der Waals surface area (Å²) in [5.41, 5.74) is 0.0642. The van der Waals surface area contributed by atoms with Gasteiger partial charge in [0, 0.05) is 5.69 Å². The van der Waals surface area contributed by atoms with E-state index in [1.807, 2.05) is 6.07 Å². The Morgan fingerprint density at radius 2 is 1.85 bits per heavy atom. The average molecular weight is 276 g/mol. The Morgan fingerprint density at radius 1 is 1.30 bits per heavy atom. The summed E-state index contributed by atoms with van der Waals surface area (Å²) in [5.74, 6) is -1.15. The van der Waals surface area contributed by atoms with Crippen molar-refractivity contribution in [2.75, 3.05) is 11.4 Å². The summed E-state index contributed by atoms with van der Waals surface area (Å²) in [6.45, 7) is 4.58. The highest BCUT2D eigenvalue weighted by Gasteiger charge is 2.25. The minimum absolute atomic E-state index is 0.362. The number of rotatable bonds is 3. The van der Waals surface area contributed by atoms with Crippen LogP contribution in [0, 0.1) is 11.3 Å². The summed E-state index contributed by atoms with van der Waals surface area (Å²) in [4.78, 5) is 23.9. The van der Waals surface area contributed by atoms with Crippen LogP contribution in [0.1, 0.15) is 26.3 Å². The van der Waals surface area contributed by atoms with Gasteiger partial charge in [-0.05, 0) is 45.0 Å². The minimum Gasteiger partial charge on any atom is -0.480 e. The highest BCUT2D eigenvalue weighted by atomic mass is 16.6. The molecule has 0 saturated heterocycles. The molecule has 106 valence electrons. The number of hydrogen-bond acceptors (Lipinski definition) is 4. The van der Waals surface area contributed by atoms with Gasteiger partial charge in [0.25, 0.3) is 0 Å². The van der Waals surface area contributed by atoms with Crippen molar-refractivity contribution in [1.82, 2.24) is 0 Å². The molecule has 0 fully saturated rings. The second-order valence-electron chi connectivity index (χ2n) is 5.12. The molecule has 6 heteroatoms. The number of hydrogen-bond donors (Lipinski definition) is 1. The van der Waals surface area contributed by atoms with Gasteiger partial charge in [-0.1, -0.05) is 0 Å². The maximum absolute atomic E-state index is 12.0. The zero-order valence-electron chi connectivity index (χ0n) is 11.6. The number of aliphatic carboxylic acids is 1. The van der Waals surface area contributed by atoms with Gasteiger partial charge in [0.15, 0.2) is 0 Å². The number of anilines is 1. The van der Waals surface area contributed by atoms with E-state index in [9.17, 15) is 9.59 Å². The van der Waals surface area contributed by atoms with Crippen molar-refractivity contribution >= 4 is 17.7 Å². The molecule has 0 aliphatic rings. The molecule has 0 heterocycles. The summed E-state index contributed by atoms with van der Waals surface area (Å²) < 4.78 is 5.17. The van der Waals surface area contributed by atoms with Gasteiger partial charge in [0.05, 0.1) is 11.6 Å². The number of carboxylic acids is 1. The molecular weight excluding hydrogens is 260 g/mol. The summed E-state index contributed by atoms with van der Waals surface area (Å²) in [5, 5.41) is 17.6. The number of carbonyl (C=O) groups is 2. The highest BCUT2D eigenvalue weighted by molar-refractivity contribution is 5.93. The molecule has 0 unspecified atom stereocenters. The second-order valence-corrected chi connectivity index (χ2v) is 5.12. The number of carbonyl (C=O) groups excluding carboxylic acids is 1. The van der Waals surface area contributed by atoms with E-state index in [0.29, 0.717) is 11.3 Å². The predicted molar refractivity (Wildman–Crippen MR) is 72.4 cm³/mol. The second kappa shape index (κ2) is 6.06. The maximum Gasteiger partial charge on any atom is 0.415 e. The van der Waals surface area contributed by atoms with Crippen molar-refractivity contribution in [3.05, 3.63) is 29.8 Å². The molecule has 1 N–H and O–H groups in total. The lowest BCUT2D eigenvalue weighted by Crippen LogP contribution is -2.40. The molecule has 0 atom stereocenters. The van der Waals surface area contributed by atoms with Crippen LogP contribution in [0.25, 0.3) is 0 Å². The van der Waals surface area contributed by atoms with E-state index >= 15 is 0 Å². The van der Waals surface area contributed by atoms with Crippen LogP contribution in [0.5, 0.6) is 0 Å². The fourth-order valence-electron chi connectivity index (χ4n) is 1.43. The van der Waals surface area contributed by atoms with Gasteiger partial charge in [0.2, 0.25) is 0 Å². The first kappa shape index (κ1) is 15.5. The van der Waals surface area contributed by atoms with Gasteiger partial charge in [-0.25, -0.2) is 4.79 Å². The summed E-state index contributed by atoms with van der Waals surface area (Å²) in [7, 11) is 0. The topological polar surface area (TPSA) is 90.6 Å². The monoisotopic (exact) mass is 276 g/mol. The van der Waals surface area contributed by atoms with Gasteiger partial charge >= 0.3 is 12.1 Å². The molecule has 1 aromatic rings. The van der Waals surface area contributed by atoms with Crippen LogP contribution in [0.2, 0.25) is 0 Å². The molecule has 20 heavy (non-hydrogen) atoms. The SMILES string of the molecule is CC(C)(C)OC(=O)N(CC(=O)O)c1ccc(C#N)cc1. The number of nitrogens with zero attached hydrogens (tertiary/aromatic N) is 2. The van der Waals surface area contributed by atoms with Crippen molar-refractivity contribution in [3.63, 3.8) is 0 Å². The Labute approximate surface area is 117 Å². The number of nitriles is 1. The fraction of sp³-hybridized carbons (Fsp3) is 0.357. The molecule has 0 spiro atoms. The first-order valence-electron chi connectivity index (χ1n) is 5.95. The lowest BCUT2D eigenvalue weighted by molar-refractivity contribution is -0.135. The normalized spacial score (nSPS) is 10.5. The Hall–Kier alpha value is -2.55. The first-order valence-corrected chi connectivity index (χ1v) is 5.95. The molecule has 0 radical (unpaired) electrons. The summed E-state index contributed by atoms with van der Waals surface area (Å²) in [6, 6.07) is 7.98. The summed E-state index contributed by atoms with van der Waals surface area (Å²) >= 11 is 0. The van der Waals surface area contributed by atoms with E-state index in [1.165, 1.54) is 24.3 Å². The molecule has 0 saturated carbocycles. The maximum atomic E-state index is 12.0. The van der Waals surface area contributed by atoms with Gasteiger partial charge in [0.1, 0.15) is 12.1 Å². The van der Waals surface area contributed by atoms with E-state index < -0.39 is 24.2 Å². The van der Waals surface area contributed by atoms with E-state index in [1.54, 1.807) is 20.8 Å². The molecule has 1 amide bonds. The van der Waals surface area contributed by atoms with Crippen molar-refractivity contribution in [1.29, 1.82) is 5.26 Å². The number of ether oxygens (including phenoxy) is 1. The fourth-order valence-corrected chi connectivity index (χ4v) is 1.43. The molecule has 0 aromatic heterocycles. The molecular formula is C14H16N2O4. The van der Waals surface area contributed by atoms with E-state index in [2.05, 4.69) is 0 Å². The molecule has 1 aromatic carbocycles. The van der Waals surface area contributed by atoms with Gasteiger partial charge < -0.3 is 9.84 Å². The van der Waals surface area contributed by atoms with Crippen molar-refractivity contribution in [2.24, 2.45) is 0 Å². The number of amides is 1. The van der Waals surface area contributed by atoms with Gasteiger partial charge in [-0.3, -0.25) is 9.69 Å². The van der Waals surface area contributed by atoms with Crippen LogP contribution in [0.15, 0.2) is 24.3 Å². The predicted octanol–water partition coefficient (Wildman–Crippen LogP) is 2.38. The third kappa shape index (κ3) is 4.61. The lowest BCUT2D eigenvalue weighted by Gasteiger charge is -2.26. The van der Waals surface area contributed by atoms with Crippen LogP contribution >= 0.6 is 0 Å². The number of benzene rings is 1. The molecule has 1 rings (SSSR count). The van der Waals surface area contributed by atoms with Crippen LogP contribution in [0.4, 0.5) is 10.5 Å². The van der Waals surface area contributed by atoms with Crippen molar-refractivity contribution in [2.45, 2.75) is 26.4 Å². The summed E-state index contributed by atoms with van der Waals surface area (Å²) in [6.07, 6.45) is -0.746. The van der Waals surface area contributed by atoms with Crippen molar-refractivity contribution in [3.8, 4) is 6.07 Å². The third-order valence-corrected chi connectivity index (χ3v) is 2.22. The molecule has 0 aliphatic heterocycles. The van der Waals surface area contributed by atoms with Gasteiger partial charge in [-0.2, -0.15) is 5.26 Å². The van der Waals surface area contributed by atoms with E-state index in [0.717, 1.165) is 4.90 Å². The highest BCUT2D eigenvalue weighted by Crippen LogP contribution is 2.18. The molecule has 6 nitrogen and oxygen atoms in total. The third-order valence-electron chi connectivity index (χ3n) is 2.22. The van der Waals surface area contributed by atoms with Crippen LogP contribution in [-0.4, -0.2) is 29.3 Å². The van der Waals surface area contributed by atoms with Crippen LogP contribution in [0.3, 0.4) is 0 Å². The largest absolute Gasteiger partial charge is 0.480 e. The first-order chi connectivity index (χ1) is 9.23. The Bertz CT molecular complexity index is 538. The van der Waals surface area contributed by atoms with E-state index in [4.69, 9.17) is 15.1 Å².